The van der Waals surface area contributed by atoms with Gasteiger partial charge in [-0.25, -0.2) is 0 Å². The fourth-order valence-electron chi connectivity index (χ4n) is 16.0. The van der Waals surface area contributed by atoms with Gasteiger partial charge in [0, 0.05) is 105 Å². The van der Waals surface area contributed by atoms with Crippen LogP contribution in [0.1, 0.15) is 137 Å². The van der Waals surface area contributed by atoms with E-state index in [1.54, 1.807) is 0 Å². The number of benzene rings is 10. The van der Waals surface area contributed by atoms with Gasteiger partial charge in [-0.05, 0) is 100 Å². The van der Waals surface area contributed by atoms with Crippen LogP contribution in [0.4, 0.5) is 0 Å². The predicted molar refractivity (Wildman–Crippen MR) is 359 cm³/mol. The molecule has 4 heterocycles. The molecule has 0 saturated carbocycles. The van der Waals surface area contributed by atoms with Gasteiger partial charge < -0.3 is 147 Å². The first kappa shape index (κ1) is 68.0. The lowest BCUT2D eigenvalue weighted by Gasteiger charge is -2.45. The van der Waals surface area contributed by atoms with Gasteiger partial charge in [-0.1, -0.05) is 30.3 Å². The Morgan fingerprint density at radius 2 is 0.533 bits per heavy atom. The highest BCUT2D eigenvalue weighted by Gasteiger charge is 2.55. The van der Waals surface area contributed by atoms with Crippen LogP contribution in [0.2, 0.25) is 0 Å². The molecule has 29 heteroatoms. The van der Waals surface area contributed by atoms with Crippen molar-refractivity contribution in [2.75, 3.05) is 0 Å². The van der Waals surface area contributed by atoms with Gasteiger partial charge in [-0.3, -0.25) is 0 Å². The monoisotopic (exact) mass is 1440 g/mol. The minimum atomic E-state index is -2.28. The largest absolute Gasteiger partial charge is 0.508 e. The molecule has 0 spiro atoms. The number of hydrogen-bond donors (Lipinski definition) is 25. The highest BCUT2D eigenvalue weighted by molar-refractivity contribution is 5.74. The van der Waals surface area contributed by atoms with Crippen LogP contribution in [0, 0.1) is 0 Å². The van der Waals surface area contributed by atoms with Crippen LogP contribution in [0.25, 0.3) is 0 Å². The van der Waals surface area contributed by atoms with Crippen LogP contribution < -0.4 is 18.9 Å². The number of fused-ring (bicyclic) bond motifs is 5. The highest BCUT2D eigenvalue weighted by atomic mass is 16.5. The highest BCUT2D eigenvalue weighted by Crippen LogP contribution is 2.66. The molecular weight excluding hydrogens is 1380 g/mol. The summed E-state index contributed by atoms with van der Waals surface area (Å²) in [6.45, 7) is 0. The first-order chi connectivity index (χ1) is 49.9. The lowest BCUT2D eigenvalue weighted by atomic mass is 9.65. The molecule has 4 aliphatic heterocycles. The minimum absolute atomic E-state index is 0.00267. The topological polar surface area (TPSA) is 543 Å². The van der Waals surface area contributed by atoms with Crippen molar-refractivity contribution in [2.45, 2.75) is 97.4 Å². The number of phenols is 20. The van der Waals surface area contributed by atoms with Crippen LogP contribution in [-0.2, 0) is 12.8 Å². The minimum Gasteiger partial charge on any atom is -0.508 e. The predicted octanol–water partition coefficient (Wildman–Crippen LogP) is 7.55. The average Bonchev–Trinajstić information content (AvgIpc) is 0.718. The van der Waals surface area contributed by atoms with Crippen LogP contribution in [-0.4, -0.2) is 158 Å². The molecule has 10 aromatic rings. The van der Waals surface area contributed by atoms with E-state index in [2.05, 4.69) is 0 Å². The summed E-state index contributed by atoms with van der Waals surface area (Å²) in [6, 6.07) is 21.5. The number of aliphatic hydroxyl groups is 5. The molecule has 0 radical (unpaired) electrons. The van der Waals surface area contributed by atoms with Crippen LogP contribution in [0.3, 0.4) is 0 Å². The summed E-state index contributed by atoms with van der Waals surface area (Å²) in [5, 5.41) is 295. The van der Waals surface area contributed by atoms with Crippen LogP contribution in [0.5, 0.6) is 138 Å². The summed E-state index contributed by atoms with van der Waals surface area (Å²) in [4.78, 5) is 0. The second-order valence-electron chi connectivity index (χ2n) is 26.7. The SMILES string of the molecule is Oc1cc(O)c2c(c1)O[C@H](c1ccc(O)c(O)c1)[C@H](O)[C@H]2c1c(O)cc(O)c2c1C[C@H](c1ccc(O)c(O)c1)[C@H](O)[C@H]2c1c(O)cc(O)c2c1O[C@H](c1ccc(O)c(O)c1)[C@H](O)[C@H]2c1c(O)cc(O)c2c1O[C@H](c1ccc(O)c(O)c1)[C@H](O)[C@H]2c1c(O)cc(O)c2c1O[C@H](c1ccc(O)c(O)c1)[C@H](O)C2. The molecule has 29 nitrogen and oxygen atoms in total. The molecule has 0 fully saturated rings. The maximum Gasteiger partial charge on any atom is 0.157 e. The third-order valence-corrected chi connectivity index (χ3v) is 20.7. The van der Waals surface area contributed by atoms with Gasteiger partial charge in [0.15, 0.2) is 75.8 Å². The molecule has 15 rings (SSSR count). The van der Waals surface area contributed by atoms with Gasteiger partial charge in [0.05, 0.1) is 30.0 Å². The zero-order valence-electron chi connectivity index (χ0n) is 53.9. The summed E-state index contributed by atoms with van der Waals surface area (Å²) in [5.41, 5.74) is -4.86. The number of aliphatic hydroxyl groups excluding tert-OH is 5. The second kappa shape index (κ2) is 24.7. The van der Waals surface area contributed by atoms with Crippen molar-refractivity contribution < 1.29 is 147 Å². The average molecular weight is 1440 g/mol. The van der Waals surface area contributed by atoms with E-state index in [0.717, 1.165) is 91.0 Å². The molecular formula is C76H64O29. The van der Waals surface area contributed by atoms with Crippen molar-refractivity contribution in [2.24, 2.45) is 0 Å². The molecule has 1 aliphatic carbocycles. The number of hydrogen-bond acceptors (Lipinski definition) is 29. The fraction of sp³-hybridized carbons (Fsp3) is 0.211. The molecule has 25 N–H and O–H groups in total. The van der Waals surface area contributed by atoms with Crippen molar-refractivity contribution in [1.29, 1.82) is 0 Å². The quantitative estimate of drug-likeness (QED) is 0.0620. The summed E-state index contributed by atoms with van der Waals surface area (Å²) in [7, 11) is 0. The Labute approximate surface area is 590 Å². The Balaban J connectivity index is 1.00. The Bertz CT molecular complexity index is 5270. The van der Waals surface area contributed by atoms with Gasteiger partial charge in [0.25, 0.3) is 0 Å². The molecule has 542 valence electrons. The maximum atomic E-state index is 13.5. The van der Waals surface area contributed by atoms with E-state index < -0.39 is 263 Å². The standard InChI is InChI=1S/C76H64O29/c77-29-16-44(89)56-53(17-29)102-71(26-3-8-35(80)41(86)13-26)67(99)62(56)54-32-18-30(24-1-6-33(78)39(84)11-24)66(98)63(55(32)46(91)21-45(54)90)58-48(93)22-50(95)60-65(69(101)73(104-75(58)60)28-5-10-37(82)43(88)15-28)61-51(96)23-49(94)59-64(68(100)72(105-76(59)61)27-4-9-36(81)42(87)14-27)57-47(92)20-38(83)31-19-52(97)70(103-74(31)57)25-2-7-34(79)40(85)12-25/h1-17,20-23,30,52,62-73,77-101H,18-19H2/t30-,52-,62+,63-,64+,65-,66+,67-,68-,69-,70-,71-,72-,73-/m1/s1. The zero-order chi connectivity index (χ0) is 74.7. The normalized spacial score (nSPS) is 24.3. The molecule has 0 amide bonds. The van der Waals surface area contributed by atoms with Crippen molar-refractivity contribution in [3.8, 4) is 138 Å². The molecule has 0 bridgehead atoms. The molecule has 0 aromatic heterocycles. The molecule has 10 aromatic carbocycles. The lowest BCUT2D eigenvalue weighted by Crippen LogP contribution is -2.40. The first-order valence-electron chi connectivity index (χ1n) is 32.5. The van der Waals surface area contributed by atoms with Gasteiger partial charge in [-0.15, -0.1) is 0 Å². The number of ether oxygens (including phenoxy) is 4. The van der Waals surface area contributed by atoms with Crippen molar-refractivity contribution in [3.63, 3.8) is 0 Å². The van der Waals surface area contributed by atoms with Crippen LogP contribution >= 0.6 is 0 Å². The van der Waals surface area contributed by atoms with Gasteiger partial charge in [0.1, 0.15) is 105 Å². The summed E-state index contributed by atoms with van der Waals surface area (Å²) >= 11 is 0. The molecule has 14 atom stereocenters. The lowest BCUT2D eigenvalue weighted by molar-refractivity contribution is -0.00621. The van der Waals surface area contributed by atoms with E-state index in [9.17, 15) is 128 Å². The molecule has 0 saturated heterocycles. The summed E-state index contributed by atoms with van der Waals surface area (Å²) < 4.78 is 26.3. The summed E-state index contributed by atoms with van der Waals surface area (Å²) in [5.74, 6) is -26.9. The Morgan fingerprint density at radius 1 is 0.229 bits per heavy atom. The van der Waals surface area contributed by atoms with Crippen molar-refractivity contribution in [1.82, 2.24) is 0 Å². The van der Waals surface area contributed by atoms with E-state index in [1.165, 1.54) is 24.3 Å². The van der Waals surface area contributed by atoms with Crippen LogP contribution in [0.15, 0.2) is 127 Å². The first-order valence-corrected chi connectivity index (χ1v) is 32.5. The van der Waals surface area contributed by atoms with Gasteiger partial charge in [-0.2, -0.15) is 0 Å². The van der Waals surface area contributed by atoms with Crippen molar-refractivity contribution >= 4 is 0 Å². The van der Waals surface area contributed by atoms with Gasteiger partial charge >= 0.3 is 0 Å². The number of phenolic OH excluding ortho intramolecular Hbond substituents is 20. The molecule has 5 aliphatic rings. The van der Waals surface area contributed by atoms with E-state index in [-0.39, 0.29) is 55.8 Å². The van der Waals surface area contributed by atoms with Gasteiger partial charge in [0.2, 0.25) is 0 Å². The summed E-state index contributed by atoms with van der Waals surface area (Å²) in [6.07, 6.45) is -18.1. The third-order valence-electron chi connectivity index (χ3n) is 20.7. The van der Waals surface area contributed by atoms with E-state index in [0.29, 0.717) is 12.1 Å². The van der Waals surface area contributed by atoms with E-state index in [1.807, 2.05) is 0 Å². The Hall–Kier alpha value is -12.8. The molecule has 105 heavy (non-hydrogen) atoms. The third kappa shape index (κ3) is 10.7. The number of rotatable bonds is 9. The van der Waals surface area contributed by atoms with Crippen molar-refractivity contribution in [3.05, 3.63) is 211 Å². The second-order valence-corrected chi connectivity index (χ2v) is 26.7. The maximum absolute atomic E-state index is 13.5. The van der Waals surface area contributed by atoms with E-state index >= 15 is 0 Å². The Kier molecular flexibility index (Phi) is 16.0. The smallest absolute Gasteiger partial charge is 0.157 e. The zero-order valence-corrected chi connectivity index (χ0v) is 53.9. The fourth-order valence-corrected chi connectivity index (χ4v) is 16.0. The Morgan fingerprint density at radius 3 is 0.933 bits per heavy atom. The van der Waals surface area contributed by atoms with E-state index in [4.69, 9.17) is 18.9 Å². The molecule has 0 unspecified atom stereocenters. The number of aromatic hydroxyl groups is 20.